The Hall–Kier alpha value is -1.63. The standard InChI is InChI=1S/C14H19ClN4O2.C7H8Cl2N4O/c15-13-16-12(11-9-1-2-10(11)8-21-7-9)17-14(18-13)19-3-5-20-6-4-19;8-5-10-6(9)12-7(11-5)13-1-3-14-4-2-13/h9-11H,1-8H2;1-4H2. The van der Waals surface area contributed by atoms with Crippen molar-refractivity contribution in [1.82, 2.24) is 29.9 Å². The molecule has 11 nitrogen and oxygen atoms in total. The van der Waals surface area contributed by atoms with Crippen molar-refractivity contribution in [2.75, 3.05) is 75.6 Å². The third-order valence-electron chi connectivity index (χ3n) is 6.66. The number of halogens is 3. The molecule has 190 valence electrons. The minimum Gasteiger partial charge on any atom is -0.381 e. The summed E-state index contributed by atoms with van der Waals surface area (Å²) in [5.41, 5.74) is 0. The Kier molecular flexibility index (Phi) is 8.31. The Morgan fingerprint density at radius 3 is 1.54 bits per heavy atom. The van der Waals surface area contributed by atoms with Crippen LogP contribution < -0.4 is 9.80 Å². The van der Waals surface area contributed by atoms with Crippen LogP contribution in [-0.2, 0) is 14.2 Å². The van der Waals surface area contributed by atoms with E-state index in [1.54, 1.807) is 0 Å². The lowest BCUT2D eigenvalue weighted by molar-refractivity contribution is 0.0299. The summed E-state index contributed by atoms with van der Waals surface area (Å²) < 4.78 is 16.2. The summed E-state index contributed by atoms with van der Waals surface area (Å²) in [7, 11) is 0. The van der Waals surface area contributed by atoms with E-state index in [4.69, 9.17) is 54.0 Å². The molecule has 2 atom stereocenters. The zero-order chi connectivity index (χ0) is 24.2. The molecule has 0 N–H and O–H groups in total. The number of hydrogen-bond acceptors (Lipinski definition) is 11. The number of nitrogens with zero attached hydrogens (tertiary/aromatic N) is 8. The lowest BCUT2D eigenvalue weighted by Crippen LogP contribution is -2.38. The Morgan fingerprint density at radius 1 is 0.571 bits per heavy atom. The van der Waals surface area contributed by atoms with E-state index in [-0.39, 0.29) is 10.6 Å². The van der Waals surface area contributed by atoms with E-state index < -0.39 is 0 Å². The summed E-state index contributed by atoms with van der Waals surface area (Å²) in [4.78, 5) is 29.2. The van der Waals surface area contributed by atoms with Crippen molar-refractivity contribution < 1.29 is 14.2 Å². The predicted molar refractivity (Wildman–Crippen MR) is 131 cm³/mol. The van der Waals surface area contributed by atoms with Gasteiger partial charge in [0.15, 0.2) is 0 Å². The largest absolute Gasteiger partial charge is 0.381 e. The summed E-state index contributed by atoms with van der Waals surface area (Å²) in [5.74, 6) is 3.49. The normalized spacial score (nSPS) is 26.3. The van der Waals surface area contributed by atoms with Crippen LogP contribution in [0.15, 0.2) is 0 Å². The summed E-state index contributed by atoms with van der Waals surface area (Å²) in [6.45, 7) is 7.49. The molecule has 0 spiro atoms. The molecule has 4 fully saturated rings. The molecule has 3 aliphatic heterocycles. The van der Waals surface area contributed by atoms with Gasteiger partial charge < -0.3 is 24.0 Å². The molecule has 2 aromatic heterocycles. The number of aromatic nitrogens is 6. The summed E-state index contributed by atoms with van der Waals surface area (Å²) in [6.07, 6.45) is 2.40. The van der Waals surface area contributed by atoms with Crippen LogP contribution in [-0.4, -0.2) is 95.7 Å². The van der Waals surface area contributed by atoms with E-state index in [1.807, 2.05) is 4.90 Å². The van der Waals surface area contributed by atoms with Gasteiger partial charge in [0.2, 0.25) is 27.7 Å². The topological polar surface area (TPSA) is 112 Å². The van der Waals surface area contributed by atoms with Crippen LogP contribution in [0.3, 0.4) is 0 Å². The summed E-state index contributed by atoms with van der Waals surface area (Å²) in [5, 5.41) is 0.533. The van der Waals surface area contributed by atoms with Crippen LogP contribution in [0.2, 0.25) is 15.9 Å². The van der Waals surface area contributed by atoms with Gasteiger partial charge in [-0.15, -0.1) is 0 Å². The van der Waals surface area contributed by atoms with Gasteiger partial charge in [-0.2, -0.15) is 24.9 Å². The van der Waals surface area contributed by atoms with Crippen molar-refractivity contribution in [2.24, 2.45) is 11.8 Å². The first kappa shape index (κ1) is 25.0. The van der Waals surface area contributed by atoms with Gasteiger partial charge in [-0.3, -0.25) is 0 Å². The lowest BCUT2D eigenvalue weighted by Gasteiger charge is -2.30. The molecular formula is C21H27Cl3N8O3. The average Bonchev–Trinajstić information content (AvgIpc) is 3.13. The number of morpholine rings is 2. The summed E-state index contributed by atoms with van der Waals surface area (Å²) in [6, 6.07) is 0. The SMILES string of the molecule is Clc1nc(C2C3CCC2COC3)nc(N2CCOCC2)n1.Clc1nc(Cl)nc(N2CCOCC2)n1. The highest BCUT2D eigenvalue weighted by Gasteiger charge is 2.42. The fourth-order valence-electron chi connectivity index (χ4n) is 4.97. The third-order valence-corrected chi connectivity index (χ3v) is 7.16. The van der Waals surface area contributed by atoms with Crippen LogP contribution >= 0.6 is 34.8 Å². The molecule has 14 heteroatoms. The zero-order valence-corrected chi connectivity index (χ0v) is 21.4. The number of fused-ring (bicyclic) bond motifs is 2. The van der Waals surface area contributed by atoms with Gasteiger partial charge >= 0.3 is 0 Å². The number of anilines is 2. The first-order valence-corrected chi connectivity index (χ1v) is 12.9. The van der Waals surface area contributed by atoms with E-state index in [9.17, 15) is 0 Å². The van der Waals surface area contributed by atoms with Gasteiger partial charge in [0.25, 0.3) is 0 Å². The van der Waals surface area contributed by atoms with Crippen LogP contribution in [0, 0.1) is 11.8 Å². The van der Waals surface area contributed by atoms with E-state index in [0.717, 1.165) is 45.2 Å². The highest BCUT2D eigenvalue weighted by molar-refractivity contribution is 6.31. The monoisotopic (exact) mass is 544 g/mol. The van der Waals surface area contributed by atoms with Gasteiger partial charge in [-0.25, -0.2) is 4.98 Å². The highest BCUT2D eigenvalue weighted by atomic mass is 35.5. The minimum absolute atomic E-state index is 0.117. The van der Waals surface area contributed by atoms with Gasteiger partial charge in [0.1, 0.15) is 5.82 Å². The Balaban J connectivity index is 0.000000158. The molecule has 1 saturated carbocycles. The molecule has 2 aromatic rings. The van der Waals surface area contributed by atoms with Crippen molar-refractivity contribution in [1.29, 1.82) is 0 Å². The van der Waals surface area contributed by atoms with Gasteiger partial charge in [0.05, 0.1) is 39.6 Å². The van der Waals surface area contributed by atoms with Crippen molar-refractivity contribution >= 4 is 46.7 Å². The maximum absolute atomic E-state index is 6.15. The Bertz CT molecular complexity index is 974. The van der Waals surface area contributed by atoms with Crippen molar-refractivity contribution in [3.05, 3.63) is 21.7 Å². The van der Waals surface area contributed by atoms with Crippen molar-refractivity contribution in [3.63, 3.8) is 0 Å². The second-order valence-electron chi connectivity index (χ2n) is 8.80. The Labute approximate surface area is 218 Å². The van der Waals surface area contributed by atoms with E-state index >= 15 is 0 Å². The third kappa shape index (κ3) is 6.20. The van der Waals surface area contributed by atoms with Gasteiger partial charge in [0, 0.05) is 32.1 Å². The number of hydrogen-bond donors (Lipinski definition) is 0. The highest BCUT2D eigenvalue weighted by Crippen LogP contribution is 2.46. The molecule has 6 rings (SSSR count). The lowest BCUT2D eigenvalue weighted by atomic mass is 9.87. The molecule has 1 aliphatic carbocycles. The summed E-state index contributed by atoms with van der Waals surface area (Å²) >= 11 is 17.5. The first-order chi connectivity index (χ1) is 17.1. The quantitative estimate of drug-likeness (QED) is 0.567. The van der Waals surface area contributed by atoms with Crippen molar-refractivity contribution in [2.45, 2.75) is 18.8 Å². The fraction of sp³-hybridized carbons (Fsp3) is 0.714. The fourth-order valence-corrected chi connectivity index (χ4v) is 5.48. The van der Waals surface area contributed by atoms with Crippen LogP contribution in [0.4, 0.5) is 11.9 Å². The molecule has 0 aromatic carbocycles. The van der Waals surface area contributed by atoms with Gasteiger partial charge in [-0.05, 0) is 59.5 Å². The van der Waals surface area contributed by atoms with E-state index in [0.29, 0.717) is 61.4 Å². The second kappa shape index (κ2) is 11.6. The van der Waals surface area contributed by atoms with Crippen molar-refractivity contribution in [3.8, 4) is 0 Å². The van der Waals surface area contributed by atoms with E-state index in [2.05, 4.69) is 29.8 Å². The molecule has 2 unspecified atom stereocenters. The second-order valence-corrected chi connectivity index (χ2v) is 9.81. The first-order valence-electron chi connectivity index (χ1n) is 11.8. The van der Waals surface area contributed by atoms with Crippen LogP contribution in [0.5, 0.6) is 0 Å². The average molecular weight is 546 g/mol. The molecule has 0 radical (unpaired) electrons. The van der Waals surface area contributed by atoms with Crippen LogP contribution in [0.25, 0.3) is 0 Å². The maximum Gasteiger partial charge on any atom is 0.231 e. The maximum atomic E-state index is 6.15. The Morgan fingerprint density at radius 2 is 1.03 bits per heavy atom. The zero-order valence-electron chi connectivity index (χ0n) is 19.2. The van der Waals surface area contributed by atoms with Gasteiger partial charge in [-0.1, -0.05) is 0 Å². The minimum atomic E-state index is 0.117. The molecular weight excluding hydrogens is 519 g/mol. The molecule has 4 aliphatic rings. The smallest absolute Gasteiger partial charge is 0.231 e. The number of rotatable bonds is 3. The molecule has 0 amide bonds. The van der Waals surface area contributed by atoms with E-state index in [1.165, 1.54) is 12.8 Å². The molecule has 3 saturated heterocycles. The predicted octanol–water partition coefficient (Wildman–Crippen LogP) is 2.52. The number of ether oxygens (including phenoxy) is 3. The van der Waals surface area contributed by atoms with Crippen LogP contribution in [0.1, 0.15) is 24.6 Å². The molecule has 5 heterocycles. The molecule has 2 bridgehead atoms. The molecule has 35 heavy (non-hydrogen) atoms.